The summed E-state index contributed by atoms with van der Waals surface area (Å²) in [4.78, 5) is 0. The first kappa shape index (κ1) is 13.1. The summed E-state index contributed by atoms with van der Waals surface area (Å²) in [6.07, 6.45) is 1.23. The Labute approximate surface area is 114 Å². The van der Waals surface area contributed by atoms with Gasteiger partial charge in [-0.1, -0.05) is 63.5 Å². The smallest absolute Gasteiger partial charge is 0.0178 e. The molecule has 0 bridgehead atoms. The van der Waals surface area contributed by atoms with E-state index in [-0.39, 0.29) is 10.8 Å². The molecule has 1 aromatic rings. The summed E-state index contributed by atoms with van der Waals surface area (Å²) < 4.78 is 1.19. The third-order valence-corrected chi connectivity index (χ3v) is 5.45. The van der Waals surface area contributed by atoms with E-state index in [9.17, 15) is 0 Å². The van der Waals surface area contributed by atoms with Crippen molar-refractivity contribution in [2.45, 2.75) is 58.8 Å². The fourth-order valence-electron chi connectivity index (χ4n) is 3.41. The average molecular weight is 295 g/mol. The molecule has 0 atom stereocenters. The van der Waals surface area contributed by atoms with E-state index >= 15 is 0 Å². The van der Waals surface area contributed by atoms with Crippen molar-refractivity contribution in [2.24, 2.45) is 5.41 Å². The molecule has 0 saturated heterocycles. The Morgan fingerprint density at radius 1 is 0.941 bits per heavy atom. The first-order valence-electron chi connectivity index (χ1n) is 6.38. The SMILES string of the molecule is CC1(C)CC(C)(C)C(C)(C)c2ccc(Br)cc21. The van der Waals surface area contributed by atoms with Crippen LogP contribution in [0, 0.1) is 5.41 Å². The Kier molecular flexibility index (Phi) is 2.78. The third-order valence-electron chi connectivity index (χ3n) is 4.96. The number of benzene rings is 1. The number of halogens is 1. The van der Waals surface area contributed by atoms with E-state index in [0.717, 1.165) is 0 Å². The van der Waals surface area contributed by atoms with Gasteiger partial charge in [0.1, 0.15) is 0 Å². The molecule has 0 saturated carbocycles. The molecule has 0 heterocycles. The summed E-state index contributed by atoms with van der Waals surface area (Å²) in [5.41, 5.74) is 3.85. The van der Waals surface area contributed by atoms with Crippen molar-refractivity contribution >= 4 is 15.9 Å². The minimum Gasteiger partial charge on any atom is -0.0590 e. The number of rotatable bonds is 0. The van der Waals surface area contributed by atoms with E-state index in [1.165, 1.54) is 22.0 Å². The molecule has 0 radical (unpaired) electrons. The zero-order chi connectivity index (χ0) is 13.1. The van der Waals surface area contributed by atoms with Gasteiger partial charge in [-0.05, 0) is 45.9 Å². The van der Waals surface area contributed by atoms with Crippen molar-refractivity contribution in [2.75, 3.05) is 0 Å². The molecule has 1 heteroatoms. The second-order valence-electron chi connectivity index (χ2n) is 7.26. The van der Waals surface area contributed by atoms with Crippen LogP contribution in [0.5, 0.6) is 0 Å². The van der Waals surface area contributed by atoms with Gasteiger partial charge in [-0.2, -0.15) is 0 Å². The Bertz CT molecular complexity index is 453. The summed E-state index contributed by atoms with van der Waals surface area (Å²) in [5.74, 6) is 0. The van der Waals surface area contributed by atoms with Gasteiger partial charge in [0.15, 0.2) is 0 Å². The van der Waals surface area contributed by atoms with Gasteiger partial charge in [-0.3, -0.25) is 0 Å². The Hall–Kier alpha value is -0.300. The van der Waals surface area contributed by atoms with Crippen LogP contribution in [0.2, 0.25) is 0 Å². The maximum Gasteiger partial charge on any atom is 0.0178 e. The lowest BCUT2D eigenvalue weighted by molar-refractivity contribution is 0.119. The van der Waals surface area contributed by atoms with Gasteiger partial charge in [0.2, 0.25) is 0 Å². The minimum atomic E-state index is 0.235. The molecule has 0 aliphatic heterocycles. The number of hydrogen-bond acceptors (Lipinski definition) is 0. The van der Waals surface area contributed by atoms with E-state index in [2.05, 4.69) is 75.7 Å². The van der Waals surface area contributed by atoms with Crippen molar-refractivity contribution in [1.29, 1.82) is 0 Å². The zero-order valence-corrected chi connectivity index (χ0v) is 13.4. The van der Waals surface area contributed by atoms with E-state index in [0.29, 0.717) is 5.41 Å². The fraction of sp³-hybridized carbons (Fsp3) is 0.625. The maximum absolute atomic E-state index is 3.61. The van der Waals surface area contributed by atoms with E-state index < -0.39 is 0 Å². The lowest BCUT2D eigenvalue weighted by atomic mass is 9.51. The molecule has 2 rings (SSSR count). The maximum atomic E-state index is 3.61. The van der Waals surface area contributed by atoms with Crippen molar-refractivity contribution < 1.29 is 0 Å². The lowest BCUT2D eigenvalue weighted by Gasteiger charge is -2.53. The molecule has 0 unspecified atom stereocenters. The largest absolute Gasteiger partial charge is 0.0590 e. The molecule has 0 N–H and O–H groups in total. The molecular formula is C16H23Br. The van der Waals surface area contributed by atoms with Crippen LogP contribution >= 0.6 is 15.9 Å². The average Bonchev–Trinajstić information content (AvgIpc) is 2.13. The molecule has 0 spiro atoms. The highest BCUT2D eigenvalue weighted by molar-refractivity contribution is 9.10. The lowest BCUT2D eigenvalue weighted by Crippen LogP contribution is -2.47. The van der Waals surface area contributed by atoms with Gasteiger partial charge in [0, 0.05) is 4.47 Å². The van der Waals surface area contributed by atoms with Gasteiger partial charge in [-0.25, -0.2) is 0 Å². The van der Waals surface area contributed by atoms with E-state index in [1.54, 1.807) is 0 Å². The monoisotopic (exact) mass is 294 g/mol. The highest BCUT2D eigenvalue weighted by atomic mass is 79.9. The summed E-state index contributed by atoms with van der Waals surface area (Å²) in [5, 5.41) is 0. The third kappa shape index (κ3) is 1.87. The van der Waals surface area contributed by atoms with Crippen LogP contribution < -0.4 is 0 Å². The molecule has 0 aromatic heterocycles. The molecule has 1 aromatic carbocycles. The molecule has 0 fully saturated rings. The van der Waals surface area contributed by atoms with Crippen LogP contribution in [-0.2, 0) is 10.8 Å². The zero-order valence-electron chi connectivity index (χ0n) is 11.8. The van der Waals surface area contributed by atoms with Crippen molar-refractivity contribution in [3.8, 4) is 0 Å². The topological polar surface area (TPSA) is 0 Å². The summed E-state index contributed by atoms with van der Waals surface area (Å²) >= 11 is 3.61. The first-order chi connectivity index (χ1) is 7.58. The van der Waals surface area contributed by atoms with Gasteiger partial charge >= 0.3 is 0 Å². The van der Waals surface area contributed by atoms with Gasteiger partial charge in [0.05, 0.1) is 0 Å². The summed E-state index contributed by atoms with van der Waals surface area (Å²) in [6, 6.07) is 6.80. The van der Waals surface area contributed by atoms with Gasteiger partial charge < -0.3 is 0 Å². The predicted octanol–water partition coefficient (Wildman–Crippen LogP) is 5.43. The fourth-order valence-corrected chi connectivity index (χ4v) is 3.77. The Morgan fingerprint density at radius 2 is 1.53 bits per heavy atom. The number of fused-ring (bicyclic) bond motifs is 1. The van der Waals surface area contributed by atoms with Crippen LogP contribution in [0.1, 0.15) is 59.1 Å². The van der Waals surface area contributed by atoms with Crippen LogP contribution in [-0.4, -0.2) is 0 Å². The highest BCUT2D eigenvalue weighted by Gasteiger charge is 2.48. The van der Waals surface area contributed by atoms with Crippen LogP contribution in [0.15, 0.2) is 22.7 Å². The Morgan fingerprint density at radius 3 is 2.12 bits per heavy atom. The minimum absolute atomic E-state index is 0.235. The molecule has 94 valence electrons. The van der Waals surface area contributed by atoms with Gasteiger partial charge in [0.25, 0.3) is 0 Å². The molecule has 0 nitrogen and oxygen atoms in total. The summed E-state index contributed by atoms with van der Waals surface area (Å²) in [7, 11) is 0. The van der Waals surface area contributed by atoms with Crippen LogP contribution in [0.3, 0.4) is 0 Å². The van der Waals surface area contributed by atoms with Crippen molar-refractivity contribution in [1.82, 2.24) is 0 Å². The predicted molar refractivity (Wildman–Crippen MR) is 78.6 cm³/mol. The molecule has 0 amide bonds. The molecular weight excluding hydrogens is 272 g/mol. The van der Waals surface area contributed by atoms with E-state index in [4.69, 9.17) is 0 Å². The van der Waals surface area contributed by atoms with Crippen LogP contribution in [0.25, 0.3) is 0 Å². The van der Waals surface area contributed by atoms with Crippen molar-refractivity contribution in [3.63, 3.8) is 0 Å². The second kappa shape index (κ2) is 3.60. The van der Waals surface area contributed by atoms with E-state index in [1.807, 2.05) is 0 Å². The second-order valence-corrected chi connectivity index (χ2v) is 8.18. The molecule has 17 heavy (non-hydrogen) atoms. The van der Waals surface area contributed by atoms with Crippen molar-refractivity contribution in [3.05, 3.63) is 33.8 Å². The normalized spacial score (nSPS) is 24.2. The van der Waals surface area contributed by atoms with Crippen LogP contribution in [0.4, 0.5) is 0 Å². The standard InChI is InChI=1S/C16H23Br/c1-14(2)10-15(3,4)16(5,6)12-8-7-11(17)9-13(12)14/h7-9H,10H2,1-6H3. The molecule has 1 aliphatic carbocycles. The highest BCUT2D eigenvalue weighted by Crippen LogP contribution is 2.55. The quantitative estimate of drug-likeness (QED) is 0.598. The first-order valence-corrected chi connectivity index (χ1v) is 7.18. The summed E-state index contributed by atoms with van der Waals surface area (Å²) in [6.45, 7) is 14.3. The van der Waals surface area contributed by atoms with Gasteiger partial charge in [-0.15, -0.1) is 0 Å². The Balaban J connectivity index is 2.73. The molecule has 1 aliphatic rings. The number of hydrogen-bond donors (Lipinski definition) is 0.